The van der Waals surface area contributed by atoms with Gasteiger partial charge in [-0.3, -0.25) is 14.7 Å². The second-order valence-corrected chi connectivity index (χ2v) is 6.00. The van der Waals surface area contributed by atoms with E-state index in [2.05, 4.69) is 20.0 Å². The molecule has 24 heavy (non-hydrogen) atoms. The quantitative estimate of drug-likeness (QED) is 0.885. The maximum atomic E-state index is 11.1. The number of nitrogens with zero attached hydrogens (tertiary/aromatic N) is 4. The van der Waals surface area contributed by atoms with Gasteiger partial charge in [0, 0.05) is 23.9 Å². The molecule has 8 heteroatoms. The zero-order valence-electron chi connectivity index (χ0n) is 14.1. The van der Waals surface area contributed by atoms with Gasteiger partial charge in [0.2, 0.25) is 5.89 Å². The van der Waals surface area contributed by atoms with Crippen LogP contribution in [0.25, 0.3) is 0 Å². The van der Waals surface area contributed by atoms with Gasteiger partial charge in [-0.15, -0.1) is 0 Å². The zero-order valence-corrected chi connectivity index (χ0v) is 14.1. The Kier molecular flexibility index (Phi) is 4.48. The molecule has 1 atom stereocenters. The Morgan fingerprint density at radius 3 is 2.96 bits per heavy atom. The van der Waals surface area contributed by atoms with Crippen molar-refractivity contribution in [2.45, 2.75) is 39.3 Å². The van der Waals surface area contributed by atoms with Crippen molar-refractivity contribution >= 4 is 5.91 Å². The van der Waals surface area contributed by atoms with Gasteiger partial charge in [0.15, 0.2) is 0 Å². The first kappa shape index (κ1) is 16.4. The van der Waals surface area contributed by atoms with Crippen molar-refractivity contribution < 1.29 is 14.1 Å². The SMILES string of the molecule is COc1c(C)cnc(CN2CCC[C@@H]2c2nc(C(N)=O)no2)c1C. The molecule has 0 bridgehead atoms. The minimum absolute atomic E-state index is 0.0286. The van der Waals surface area contributed by atoms with Crippen LogP contribution >= 0.6 is 0 Å². The van der Waals surface area contributed by atoms with E-state index in [1.165, 1.54) is 0 Å². The molecule has 128 valence electrons. The molecule has 1 aliphatic heterocycles. The molecule has 0 saturated carbocycles. The number of aromatic nitrogens is 3. The van der Waals surface area contributed by atoms with Gasteiger partial charge in [0.25, 0.3) is 11.7 Å². The minimum Gasteiger partial charge on any atom is -0.496 e. The number of ether oxygens (including phenoxy) is 1. The van der Waals surface area contributed by atoms with Gasteiger partial charge in [-0.05, 0) is 33.2 Å². The monoisotopic (exact) mass is 331 g/mol. The third-order valence-corrected chi connectivity index (χ3v) is 4.41. The van der Waals surface area contributed by atoms with E-state index in [1.54, 1.807) is 7.11 Å². The average molecular weight is 331 g/mol. The number of nitrogens with two attached hydrogens (primary N) is 1. The normalized spacial score (nSPS) is 18.0. The highest BCUT2D eigenvalue weighted by Crippen LogP contribution is 2.33. The van der Waals surface area contributed by atoms with Gasteiger partial charge in [-0.1, -0.05) is 5.16 Å². The van der Waals surface area contributed by atoms with Gasteiger partial charge < -0.3 is 15.0 Å². The molecule has 2 N–H and O–H groups in total. The van der Waals surface area contributed by atoms with Crippen molar-refractivity contribution in [1.82, 2.24) is 20.0 Å². The predicted octanol–water partition coefficient (Wildman–Crippen LogP) is 1.53. The fraction of sp³-hybridized carbons (Fsp3) is 0.500. The lowest BCUT2D eigenvalue weighted by Gasteiger charge is -2.22. The van der Waals surface area contributed by atoms with Crippen LogP contribution in [-0.4, -0.2) is 39.6 Å². The van der Waals surface area contributed by atoms with Crippen LogP contribution in [0.2, 0.25) is 0 Å². The third-order valence-electron chi connectivity index (χ3n) is 4.41. The Morgan fingerprint density at radius 2 is 2.29 bits per heavy atom. The van der Waals surface area contributed by atoms with Gasteiger partial charge >= 0.3 is 0 Å². The van der Waals surface area contributed by atoms with Crippen LogP contribution in [0.4, 0.5) is 0 Å². The minimum atomic E-state index is -0.685. The van der Waals surface area contributed by atoms with E-state index in [1.807, 2.05) is 20.0 Å². The van der Waals surface area contributed by atoms with Gasteiger partial charge in [-0.25, -0.2) is 0 Å². The fourth-order valence-electron chi connectivity index (χ4n) is 3.19. The maximum absolute atomic E-state index is 11.1. The number of aryl methyl sites for hydroxylation is 1. The van der Waals surface area contributed by atoms with E-state index in [4.69, 9.17) is 15.0 Å². The first-order valence-electron chi connectivity index (χ1n) is 7.87. The summed E-state index contributed by atoms with van der Waals surface area (Å²) in [5, 5.41) is 3.64. The van der Waals surface area contributed by atoms with Crippen molar-refractivity contribution in [3.63, 3.8) is 0 Å². The lowest BCUT2D eigenvalue weighted by Crippen LogP contribution is -2.24. The van der Waals surface area contributed by atoms with Crippen molar-refractivity contribution in [2.24, 2.45) is 5.73 Å². The van der Waals surface area contributed by atoms with E-state index in [0.717, 1.165) is 42.0 Å². The summed E-state index contributed by atoms with van der Waals surface area (Å²) in [6, 6.07) is -0.0286. The standard InChI is InChI=1S/C16H21N5O3/c1-9-7-18-11(10(2)13(9)23-3)8-21-6-4-5-12(21)16-19-15(14(17)22)20-24-16/h7,12H,4-6,8H2,1-3H3,(H2,17,22)/t12-/m1/s1. The molecule has 0 aromatic carbocycles. The Labute approximate surface area is 140 Å². The van der Waals surface area contributed by atoms with Crippen LogP contribution in [-0.2, 0) is 6.54 Å². The molecule has 3 rings (SSSR count). The predicted molar refractivity (Wildman–Crippen MR) is 85.5 cm³/mol. The molecule has 3 heterocycles. The second kappa shape index (κ2) is 6.56. The van der Waals surface area contributed by atoms with Crippen molar-refractivity contribution in [3.05, 3.63) is 34.7 Å². The number of pyridine rings is 1. The molecule has 0 aliphatic carbocycles. The first-order chi connectivity index (χ1) is 11.5. The Hall–Kier alpha value is -2.48. The van der Waals surface area contributed by atoms with E-state index in [9.17, 15) is 4.79 Å². The van der Waals surface area contributed by atoms with Crippen LogP contribution in [0.15, 0.2) is 10.7 Å². The van der Waals surface area contributed by atoms with E-state index in [-0.39, 0.29) is 11.9 Å². The summed E-state index contributed by atoms with van der Waals surface area (Å²) in [6.45, 7) is 5.54. The summed E-state index contributed by atoms with van der Waals surface area (Å²) in [7, 11) is 1.67. The number of likely N-dealkylation sites (tertiary alicyclic amines) is 1. The smallest absolute Gasteiger partial charge is 0.290 e. The van der Waals surface area contributed by atoms with E-state index < -0.39 is 5.91 Å². The van der Waals surface area contributed by atoms with Crippen LogP contribution < -0.4 is 10.5 Å². The molecule has 2 aromatic heterocycles. The molecule has 0 spiro atoms. The summed E-state index contributed by atoms with van der Waals surface area (Å²) in [6.07, 6.45) is 3.73. The molecule has 1 amide bonds. The van der Waals surface area contributed by atoms with E-state index in [0.29, 0.717) is 12.4 Å². The largest absolute Gasteiger partial charge is 0.496 e. The summed E-state index contributed by atoms with van der Waals surface area (Å²) >= 11 is 0. The van der Waals surface area contributed by atoms with Gasteiger partial charge in [0.05, 0.1) is 18.8 Å². The fourth-order valence-corrected chi connectivity index (χ4v) is 3.19. The number of rotatable bonds is 5. The highest BCUT2D eigenvalue weighted by molar-refractivity contribution is 5.88. The molecular formula is C16H21N5O3. The number of carbonyl (C=O) groups is 1. The van der Waals surface area contributed by atoms with E-state index >= 15 is 0 Å². The van der Waals surface area contributed by atoms with Crippen LogP contribution in [0.5, 0.6) is 5.75 Å². The molecule has 1 fully saturated rings. The lowest BCUT2D eigenvalue weighted by atomic mass is 10.1. The van der Waals surface area contributed by atoms with Crippen LogP contribution in [0.3, 0.4) is 0 Å². The number of methoxy groups -OCH3 is 1. The molecule has 1 aliphatic rings. The van der Waals surface area contributed by atoms with Gasteiger partial charge in [0.1, 0.15) is 5.75 Å². The Morgan fingerprint density at radius 1 is 1.50 bits per heavy atom. The zero-order chi connectivity index (χ0) is 17.3. The summed E-state index contributed by atoms with van der Waals surface area (Å²) in [4.78, 5) is 22.0. The van der Waals surface area contributed by atoms with Crippen LogP contribution in [0.1, 0.15) is 52.2 Å². The van der Waals surface area contributed by atoms with Crippen molar-refractivity contribution in [1.29, 1.82) is 0 Å². The molecule has 0 unspecified atom stereocenters. The highest BCUT2D eigenvalue weighted by atomic mass is 16.5. The first-order valence-corrected chi connectivity index (χ1v) is 7.87. The Balaban J connectivity index is 1.82. The number of amides is 1. The number of carbonyl (C=O) groups excluding carboxylic acids is 1. The maximum Gasteiger partial charge on any atom is 0.290 e. The van der Waals surface area contributed by atoms with Crippen molar-refractivity contribution in [2.75, 3.05) is 13.7 Å². The highest BCUT2D eigenvalue weighted by Gasteiger charge is 2.32. The second-order valence-electron chi connectivity index (χ2n) is 6.00. The topological polar surface area (TPSA) is 107 Å². The van der Waals surface area contributed by atoms with Gasteiger partial charge in [-0.2, -0.15) is 4.98 Å². The van der Waals surface area contributed by atoms with Crippen LogP contribution in [0, 0.1) is 13.8 Å². The lowest BCUT2D eigenvalue weighted by molar-refractivity contribution is 0.0987. The average Bonchev–Trinajstić information content (AvgIpc) is 3.19. The molecule has 1 saturated heterocycles. The number of hydrogen-bond donors (Lipinski definition) is 1. The molecule has 8 nitrogen and oxygen atoms in total. The summed E-state index contributed by atoms with van der Waals surface area (Å²) in [5.74, 6) is 0.529. The molecular weight excluding hydrogens is 310 g/mol. The Bertz CT molecular complexity index is 758. The number of hydrogen-bond acceptors (Lipinski definition) is 7. The van der Waals surface area contributed by atoms with Crippen molar-refractivity contribution in [3.8, 4) is 5.75 Å². The number of primary amides is 1. The summed E-state index contributed by atoms with van der Waals surface area (Å²) in [5.41, 5.74) is 8.19. The molecule has 2 aromatic rings. The third kappa shape index (κ3) is 2.96. The summed E-state index contributed by atoms with van der Waals surface area (Å²) < 4.78 is 10.7. The molecule has 0 radical (unpaired) electrons.